The molecule has 4 heteroatoms. The van der Waals surface area contributed by atoms with Crippen molar-refractivity contribution in [3.63, 3.8) is 0 Å². The summed E-state index contributed by atoms with van der Waals surface area (Å²) in [6.45, 7) is 4.52. The summed E-state index contributed by atoms with van der Waals surface area (Å²) in [4.78, 5) is 14.3. The number of aliphatic hydroxyl groups is 1. The van der Waals surface area contributed by atoms with E-state index >= 15 is 0 Å². The highest BCUT2D eigenvalue weighted by molar-refractivity contribution is 5.95. The number of likely N-dealkylation sites (N-methyl/N-ethyl adjacent to an activating group) is 1. The zero-order valence-corrected chi connectivity index (χ0v) is 11.2. The van der Waals surface area contributed by atoms with Crippen LogP contribution in [-0.4, -0.2) is 36.8 Å². The van der Waals surface area contributed by atoms with E-state index in [9.17, 15) is 4.79 Å². The van der Waals surface area contributed by atoms with Crippen molar-refractivity contribution in [2.75, 3.05) is 25.1 Å². The molecule has 18 heavy (non-hydrogen) atoms. The van der Waals surface area contributed by atoms with Crippen LogP contribution >= 0.6 is 0 Å². The lowest BCUT2D eigenvalue weighted by molar-refractivity contribution is 0.0869. The largest absolute Gasteiger partial charge is 0.394 e. The van der Waals surface area contributed by atoms with Crippen molar-refractivity contribution in [1.82, 2.24) is 5.32 Å². The highest BCUT2D eigenvalue weighted by Crippen LogP contribution is 2.27. The average Bonchev–Trinajstić information content (AvgIpc) is 2.70. The van der Waals surface area contributed by atoms with Gasteiger partial charge in [-0.05, 0) is 44.0 Å². The summed E-state index contributed by atoms with van der Waals surface area (Å²) in [5, 5.41) is 12.0. The van der Waals surface area contributed by atoms with E-state index in [1.807, 2.05) is 18.2 Å². The molecule has 1 aromatic rings. The van der Waals surface area contributed by atoms with Crippen molar-refractivity contribution in [3.05, 3.63) is 29.3 Å². The Balaban J connectivity index is 2.18. The first-order chi connectivity index (χ1) is 8.43. The molecule has 0 unspecified atom stereocenters. The van der Waals surface area contributed by atoms with E-state index in [-0.39, 0.29) is 12.5 Å². The molecule has 0 bridgehead atoms. The van der Waals surface area contributed by atoms with Gasteiger partial charge in [-0.25, -0.2) is 0 Å². The number of hydrogen-bond donors (Lipinski definition) is 2. The Morgan fingerprint density at radius 1 is 1.50 bits per heavy atom. The number of nitrogens with one attached hydrogen (secondary N) is 1. The Bertz CT molecular complexity index is 469. The Kier molecular flexibility index (Phi) is 3.30. The first-order valence-electron chi connectivity index (χ1n) is 6.20. The summed E-state index contributed by atoms with van der Waals surface area (Å²) in [6, 6.07) is 5.77. The minimum atomic E-state index is -0.590. The third kappa shape index (κ3) is 2.48. The second-order valence-electron chi connectivity index (χ2n) is 5.51. The highest BCUT2D eigenvalue weighted by atomic mass is 16.3. The van der Waals surface area contributed by atoms with Crippen molar-refractivity contribution in [2.24, 2.45) is 0 Å². The van der Waals surface area contributed by atoms with Gasteiger partial charge < -0.3 is 15.3 Å². The molecule has 4 nitrogen and oxygen atoms in total. The molecule has 0 spiro atoms. The summed E-state index contributed by atoms with van der Waals surface area (Å²) in [6.07, 6.45) is 0.982. The predicted molar refractivity (Wildman–Crippen MR) is 72.0 cm³/mol. The molecule has 1 amide bonds. The lowest BCUT2D eigenvalue weighted by Crippen LogP contribution is -2.46. The van der Waals surface area contributed by atoms with Crippen LogP contribution in [0.25, 0.3) is 0 Å². The maximum absolute atomic E-state index is 12.1. The minimum Gasteiger partial charge on any atom is -0.394 e. The van der Waals surface area contributed by atoms with Crippen LogP contribution in [0.3, 0.4) is 0 Å². The number of nitrogens with zero attached hydrogens (tertiary/aromatic N) is 1. The number of carbonyl (C=O) groups is 1. The van der Waals surface area contributed by atoms with Crippen molar-refractivity contribution >= 4 is 11.6 Å². The Morgan fingerprint density at radius 3 is 2.89 bits per heavy atom. The number of aliphatic hydroxyl groups excluding tert-OH is 1. The van der Waals surface area contributed by atoms with Gasteiger partial charge in [-0.15, -0.1) is 0 Å². The zero-order chi connectivity index (χ0) is 13.3. The number of carbonyl (C=O) groups excluding carboxylic acids is 1. The monoisotopic (exact) mass is 248 g/mol. The summed E-state index contributed by atoms with van der Waals surface area (Å²) in [5.41, 5.74) is 2.48. The molecule has 2 rings (SSSR count). The fourth-order valence-corrected chi connectivity index (χ4v) is 2.13. The van der Waals surface area contributed by atoms with Crippen LogP contribution in [0.5, 0.6) is 0 Å². The van der Waals surface area contributed by atoms with Gasteiger partial charge in [-0.2, -0.15) is 0 Å². The molecule has 1 heterocycles. The summed E-state index contributed by atoms with van der Waals surface area (Å²) in [7, 11) is 2.06. The quantitative estimate of drug-likeness (QED) is 0.844. The molecule has 0 saturated carbocycles. The second kappa shape index (κ2) is 4.61. The van der Waals surface area contributed by atoms with Crippen molar-refractivity contribution in [3.8, 4) is 0 Å². The lowest BCUT2D eigenvalue weighted by atomic mass is 10.0. The SMILES string of the molecule is CN1CCc2cc(C(=O)NC(C)(C)CO)ccc21. The van der Waals surface area contributed by atoms with E-state index in [0.29, 0.717) is 5.56 Å². The van der Waals surface area contributed by atoms with Gasteiger partial charge in [0, 0.05) is 24.8 Å². The van der Waals surface area contributed by atoms with E-state index in [1.165, 1.54) is 11.3 Å². The third-order valence-electron chi connectivity index (χ3n) is 3.32. The van der Waals surface area contributed by atoms with Gasteiger partial charge in [-0.3, -0.25) is 4.79 Å². The zero-order valence-electron chi connectivity index (χ0n) is 11.2. The number of anilines is 1. The first kappa shape index (κ1) is 12.9. The third-order valence-corrected chi connectivity index (χ3v) is 3.32. The molecule has 2 N–H and O–H groups in total. The smallest absolute Gasteiger partial charge is 0.251 e. The normalized spacial score (nSPS) is 14.6. The maximum atomic E-state index is 12.1. The molecule has 0 saturated heterocycles. The molecule has 0 aromatic heterocycles. The van der Waals surface area contributed by atoms with Gasteiger partial charge in [0.15, 0.2) is 0 Å². The minimum absolute atomic E-state index is 0.0770. The van der Waals surface area contributed by atoms with E-state index in [1.54, 1.807) is 13.8 Å². The average molecular weight is 248 g/mol. The molecule has 0 atom stereocenters. The van der Waals surface area contributed by atoms with Gasteiger partial charge >= 0.3 is 0 Å². The number of amides is 1. The van der Waals surface area contributed by atoms with E-state index in [0.717, 1.165) is 13.0 Å². The Labute approximate surface area is 108 Å². The molecule has 1 aliphatic rings. The van der Waals surface area contributed by atoms with Crippen LogP contribution in [-0.2, 0) is 6.42 Å². The van der Waals surface area contributed by atoms with Crippen LogP contribution in [0.1, 0.15) is 29.8 Å². The fourth-order valence-electron chi connectivity index (χ4n) is 2.13. The van der Waals surface area contributed by atoms with E-state index in [4.69, 9.17) is 5.11 Å². The first-order valence-corrected chi connectivity index (χ1v) is 6.20. The van der Waals surface area contributed by atoms with Gasteiger partial charge in [-0.1, -0.05) is 0 Å². The molecule has 1 aromatic carbocycles. The molecule has 0 aliphatic carbocycles. The number of hydrogen-bond acceptors (Lipinski definition) is 3. The summed E-state index contributed by atoms with van der Waals surface area (Å²) < 4.78 is 0. The molecule has 0 fully saturated rings. The molecular weight excluding hydrogens is 228 g/mol. The summed E-state index contributed by atoms with van der Waals surface area (Å²) in [5.74, 6) is -0.133. The Hall–Kier alpha value is -1.55. The van der Waals surface area contributed by atoms with Crippen molar-refractivity contribution in [2.45, 2.75) is 25.8 Å². The standard InChI is InChI=1S/C14H20N2O2/c1-14(2,9-17)15-13(18)11-4-5-12-10(8-11)6-7-16(12)3/h4-5,8,17H,6-7,9H2,1-3H3,(H,15,18). The lowest BCUT2D eigenvalue weighted by Gasteiger charge is -2.23. The predicted octanol–water partition coefficient (Wildman–Crippen LogP) is 1.18. The number of benzene rings is 1. The van der Waals surface area contributed by atoms with Crippen LogP contribution in [0.4, 0.5) is 5.69 Å². The fraction of sp³-hybridized carbons (Fsp3) is 0.500. The van der Waals surface area contributed by atoms with Crippen molar-refractivity contribution < 1.29 is 9.90 Å². The second-order valence-corrected chi connectivity index (χ2v) is 5.51. The van der Waals surface area contributed by atoms with Gasteiger partial charge in [0.1, 0.15) is 0 Å². The van der Waals surface area contributed by atoms with Gasteiger partial charge in [0.2, 0.25) is 0 Å². The molecule has 98 valence electrons. The highest BCUT2D eigenvalue weighted by Gasteiger charge is 2.22. The molecule has 1 aliphatic heterocycles. The molecular formula is C14H20N2O2. The van der Waals surface area contributed by atoms with Crippen LogP contribution in [0, 0.1) is 0 Å². The number of fused-ring (bicyclic) bond motifs is 1. The maximum Gasteiger partial charge on any atom is 0.251 e. The van der Waals surface area contributed by atoms with Gasteiger partial charge in [0.05, 0.1) is 12.1 Å². The summed E-state index contributed by atoms with van der Waals surface area (Å²) >= 11 is 0. The van der Waals surface area contributed by atoms with E-state index < -0.39 is 5.54 Å². The topological polar surface area (TPSA) is 52.6 Å². The van der Waals surface area contributed by atoms with E-state index in [2.05, 4.69) is 17.3 Å². The Morgan fingerprint density at radius 2 is 2.22 bits per heavy atom. The number of rotatable bonds is 3. The van der Waals surface area contributed by atoms with Crippen molar-refractivity contribution in [1.29, 1.82) is 0 Å². The molecule has 0 radical (unpaired) electrons. The van der Waals surface area contributed by atoms with Crippen LogP contribution < -0.4 is 10.2 Å². The van der Waals surface area contributed by atoms with Crippen LogP contribution in [0.15, 0.2) is 18.2 Å². The van der Waals surface area contributed by atoms with Crippen LogP contribution in [0.2, 0.25) is 0 Å². The van der Waals surface area contributed by atoms with Gasteiger partial charge in [0.25, 0.3) is 5.91 Å².